The van der Waals surface area contributed by atoms with Crippen LogP contribution in [0.15, 0.2) is 53.3 Å². The van der Waals surface area contributed by atoms with Crippen LogP contribution in [0.5, 0.6) is 0 Å². The minimum Gasteiger partial charge on any atom is -0.480 e. The number of likely N-dealkylation sites (tertiary alicyclic amines) is 1. The highest BCUT2D eigenvalue weighted by Gasteiger charge is 2.29. The van der Waals surface area contributed by atoms with Gasteiger partial charge in [-0.3, -0.25) is 4.98 Å². The second-order valence-electron chi connectivity index (χ2n) is 9.66. The molecule has 0 spiro atoms. The summed E-state index contributed by atoms with van der Waals surface area (Å²) in [7, 11) is 0. The number of nitrogens with zero attached hydrogens (tertiary/aromatic N) is 3. The summed E-state index contributed by atoms with van der Waals surface area (Å²) in [5, 5.41) is 16.9. The molecule has 2 heterocycles. The number of H-pyrrole nitrogens is 1. The molecule has 0 bridgehead atoms. The van der Waals surface area contributed by atoms with E-state index in [1.807, 2.05) is 36.4 Å². The van der Waals surface area contributed by atoms with Crippen molar-refractivity contribution in [3.05, 3.63) is 75.7 Å². The Bertz CT molecular complexity index is 1290. The molecule has 9 nitrogen and oxygen atoms in total. The Labute approximate surface area is 209 Å². The van der Waals surface area contributed by atoms with E-state index in [1.54, 1.807) is 4.90 Å². The first kappa shape index (κ1) is 23.8. The van der Waals surface area contributed by atoms with Crippen LogP contribution in [-0.2, 0) is 24.1 Å². The monoisotopic (exact) mass is 489 g/mol. The van der Waals surface area contributed by atoms with Gasteiger partial charge in [0, 0.05) is 25.1 Å². The molecule has 0 radical (unpaired) electrons. The molecule has 3 aromatic rings. The normalized spacial score (nSPS) is 16.8. The highest BCUT2D eigenvalue weighted by molar-refractivity contribution is 5.83. The molecule has 0 saturated carbocycles. The lowest BCUT2D eigenvalue weighted by Crippen LogP contribution is -2.51. The number of piperidine rings is 1. The zero-order valence-corrected chi connectivity index (χ0v) is 20.2. The van der Waals surface area contributed by atoms with Gasteiger partial charge in [0.1, 0.15) is 6.04 Å². The molecule has 2 aromatic carbocycles. The number of fused-ring (bicyclic) bond motifs is 1. The standard InChI is InChI=1S/C27H31N5O4/c33-25(34)23(17-18-10-11-19-6-4-5-9-21(19)16-18)28-26(35)31-14-12-22(13-15-31)32-27(36)29-24(30-32)20-7-2-1-3-8-20/h1-3,7-8,10-11,16,22-23H,4-6,9,12-15,17H2,(H,28,35)(H,33,34)(H,29,30,36)/t23-/m1/s1. The molecule has 36 heavy (non-hydrogen) atoms. The van der Waals surface area contributed by atoms with E-state index in [9.17, 15) is 19.5 Å². The summed E-state index contributed by atoms with van der Waals surface area (Å²) in [6, 6.07) is 14.1. The van der Waals surface area contributed by atoms with Crippen molar-refractivity contribution in [2.45, 2.75) is 57.0 Å². The number of benzene rings is 2. The number of nitrogens with one attached hydrogen (secondary N) is 2. The molecule has 9 heteroatoms. The average molecular weight is 490 g/mol. The van der Waals surface area contributed by atoms with Gasteiger partial charge < -0.3 is 15.3 Å². The molecule has 1 aromatic heterocycles. The number of rotatable bonds is 6. The molecule has 1 saturated heterocycles. The molecule has 3 N–H and O–H groups in total. The van der Waals surface area contributed by atoms with Crippen molar-refractivity contribution >= 4 is 12.0 Å². The maximum atomic E-state index is 12.9. The van der Waals surface area contributed by atoms with Crippen molar-refractivity contribution < 1.29 is 14.7 Å². The lowest BCUT2D eigenvalue weighted by atomic mass is 9.89. The Morgan fingerprint density at radius 3 is 2.50 bits per heavy atom. The number of aryl methyl sites for hydroxylation is 2. The number of amides is 2. The predicted molar refractivity (Wildman–Crippen MR) is 135 cm³/mol. The Hall–Kier alpha value is -3.88. The summed E-state index contributed by atoms with van der Waals surface area (Å²) in [5.74, 6) is -0.528. The van der Waals surface area contributed by atoms with Crippen molar-refractivity contribution in [1.82, 2.24) is 25.0 Å². The highest BCUT2D eigenvalue weighted by Crippen LogP contribution is 2.24. The fourth-order valence-corrected chi connectivity index (χ4v) is 5.21. The first-order valence-corrected chi connectivity index (χ1v) is 12.6. The summed E-state index contributed by atoms with van der Waals surface area (Å²) in [6.45, 7) is 0.837. The number of urea groups is 1. The number of carboxylic acid groups (broad SMARTS) is 1. The molecular weight excluding hydrogens is 458 g/mol. The molecule has 1 atom stereocenters. The number of hydrogen-bond donors (Lipinski definition) is 3. The van der Waals surface area contributed by atoms with Crippen LogP contribution in [0.25, 0.3) is 11.4 Å². The van der Waals surface area contributed by atoms with E-state index >= 15 is 0 Å². The van der Waals surface area contributed by atoms with Gasteiger partial charge in [-0.2, -0.15) is 0 Å². The van der Waals surface area contributed by atoms with E-state index in [4.69, 9.17) is 0 Å². The molecule has 1 aliphatic carbocycles. The molecule has 0 unspecified atom stereocenters. The van der Waals surface area contributed by atoms with Gasteiger partial charge >= 0.3 is 17.7 Å². The SMILES string of the molecule is O=C(O)[C@@H](Cc1ccc2c(c1)CCCC2)NC(=O)N1CCC(n2nc(-c3ccccc3)[nH]c2=O)CC1. The summed E-state index contributed by atoms with van der Waals surface area (Å²) in [4.78, 5) is 41.7. The van der Waals surface area contributed by atoms with E-state index < -0.39 is 18.0 Å². The van der Waals surface area contributed by atoms with Gasteiger partial charge in [-0.15, -0.1) is 5.10 Å². The van der Waals surface area contributed by atoms with Crippen molar-refractivity contribution in [1.29, 1.82) is 0 Å². The minimum atomic E-state index is -1.05. The van der Waals surface area contributed by atoms with Gasteiger partial charge in [-0.25, -0.2) is 19.1 Å². The number of aliphatic carboxylic acids is 1. The Morgan fingerprint density at radius 1 is 1.06 bits per heavy atom. The summed E-state index contributed by atoms with van der Waals surface area (Å²) in [6.07, 6.45) is 5.82. The Balaban J connectivity index is 1.19. The summed E-state index contributed by atoms with van der Waals surface area (Å²) >= 11 is 0. The molecule has 5 rings (SSSR count). The van der Waals surface area contributed by atoms with Crippen LogP contribution in [0.1, 0.15) is 48.4 Å². The fourth-order valence-electron chi connectivity index (χ4n) is 5.21. The molecule has 2 amide bonds. The summed E-state index contributed by atoms with van der Waals surface area (Å²) in [5.41, 5.74) is 4.13. The number of hydrogen-bond acceptors (Lipinski definition) is 4. The minimum absolute atomic E-state index is 0.124. The number of aromatic amines is 1. The van der Waals surface area contributed by atoms with E-state index in [0.717, 1.165) is 30.4 Å². The van der Waals surface area contributed by atoms with Crippen LogP contribution in [0.3, 0.4) is 0 Å². The smallest absolute Gasteiger partial charge is 0.343 e. The van der Waals surface area contributed by atoms with E-state index in [-0.39, 0.29) is 18.2 Å². The van der Waals surface area contributed by atoms with Gasteiger partial charge in [-0.05, 0) is 55.2 Å². The molecule has 1 fully saturated rings. The molecule has 2 aliphatic rings. The van der Waals surface area contributed by atoms with Gasteiger partial charge in [-0.1, -0.05) is 48.5 Å². The first-order chi connectivity index (χ1) is 17.5. The molecule has 188 valence electrons. The van der Waals surface area contributed by atoms with Crippen LogP contribution < -0.4 is 11.0 Å². The maximum absolute atomic E-state index is 12.9. The Kier molecular flexibility index (Phi) is 6.88. The maximum Gasteiger partial charge on any atom is 0.343 e. The van der Waals surface area contributed by atoms with Gasteiger partial charge in [0.15, 0.2) is 5.82 Å². The quantitative estimate of drug-likeness (QED) is 0.491. The second-order valence-corrected chi connectivity index (χ2v) is 9.66. The number of carbonyl (C=O) groups is 2. The number of carbonyl (C=O) groups excluding carboxylic acids is 1. The third-order valence-electron chi connectivity index (χ3n) is 7.23. The van der Waals surface area contributed by atoms with Crippen LogP contribution >= 0.6 is 0 Å². The van der Waals surface area contributed by atoms with Gasteiger partial charge in [0.05, 0.1) is 6.04 Å². The van der Waals surface area contributed by atoms with Crippen molar-refractivity contribution in [3.63, 3.8) is 0 Å². The second kappa shape index (κ2) is 10.4. The topological polar surface area (TPSA) is 120 Å². The van der Waals surface area contributed by atoms with Gasteiger partial charge in [0.2, 0.25) is 0 Å². The highest BCUT2D eigenvalue weighted by atomic mass is 16.4. The third kappa shape index (κ3) is 5.19. The zero-order valence-electron chi connectivity index (χ0n) is 20.2. The van der Waals surface area contributed by atoms with Crippen LogP contribution in [0.4, 0.5) is 4.79 Å². The fraction of sp³-hybridized carbons (Fsp3) is 0.407. The van der Waals surface area contributed by atoms with E-state index in [0.29, 0.717) is 31.8 Å². The van der Waals surface area contributed by atoms with E-state index in [1.165, 1.54) is 22.2 Å². The lowest BCUT2D eigenvalue weighted by Gasteiger charge is -2.32. The number of carboxylic acids is 1. The van der Waals surface area contributed by atoms with Crippen LogP contribution in [0, 0.1) is 0 Å². The van der Waals surface area contributed by atoms with Gasteiger partial charge in [0.25, 0.3) is 0 Å². The lowest BCUT2D eigenvalue weighted by molar-refractivity contribution is -0.139. The zero-order chi connectivity index (χ0) is 25.1. The molecular formula is C27H31N5O4. The van der Waals surface area contributed by atoms with E-state index in [2.05, 4.69) is 27.5 Å². The van der Waals surface area contributed by atoms with Crippen LogP contribution in [0.2, 0.25) is 0 Å². The predicted octanol–water partition coefficient (Wildman–Crippen LogP) is 3.16. The Morgan fingerprint density at radius 2 is 1.78 bits per heavy atom. The van der Waals surface area contributed by atoms with Crippen LogP contribution in [-0.4, -0.2) is 55.9 Å². The van der Waals surface area contributed by atoms with Crippen molar-refractivity contribution in [2.75, 3.05) is 13.1 Å². The average Bonchev–Trinajstić information content (AvgIpc) is 3.30. The number of aromatic nitrogens is 3. The molecule has 1 aliphatic heterocycles. The third-order valence-corrected chi connectivity index (χ3v) is 7.23. The largest absolute Gasteiger partial charge is 0.480 e. The summed E-state index contributed by atoms with van der Waals surface area (Å²) < 4.78 is 1.47. The first-order valence-electron chi connectivity index (χ1n) is 12.6. The van der Waals surface area contributed by atoms with Crippen molar-refractivity contribution in [3.8, 4) is 11.4 Å². The van der Waals surface area contributed by atoms with Crippen molar-refractivity contribution in [2.24, 2.45) is 0 Å².